The quantitative estimate of drug-likeness (QED) is 0.634. The molecule has 0 saturated heterocycles. The van der Waals surface area contributed by atoms with Gasteiger partial charge in [-0.3, -0.25) is 4.79 Å². The summed E-state index contributed by atoms with van der Waals surface area (Å²) in [5.74, 6) is 3.53. The normalized spacial score (nSPS) is 57.4. The molecule has 7 unspecified atom stereocenters. The monoisotopic (exact) mass is 372 g/mol. The molecule has 0 aromatic heterocycles. The van der Waals surface area contributed by atoms with Crippen LogP contribution in [0.15, 0.2) is 0 Å². The van der Waals surface area contributed by atoms with Crippen molar-refractivity contribution in [1.29, 1.82) is 0 Å². The lowest BCUT2D eigenvalue weighted by Crippen LogP contribution is -2.64. The number of carbonyl (C=O) groups excluding carboxylic acids is 1. The molecular weight excluding hydrogens is 332 g/mol. The lowest BCUT2D eigenvalue weighted by molar-refractivity contribution is -0.222. The molecule has 0 aromatic rings. The molecule has 8 atom stereocenters. The van der Waals surface area contributed by atoms with Crippen molar-refractivity contribution in [3.05, 3.63) is 0 Å². The largest absolute Gasteiger partial charge is 0.396 e. The zero-order valence-electron chi connectivity index (χ0n) is 17.9. The van der Waals surface area contributed by atoms with Crippen LogP contribution >= 0.6 is 0 Å². The third kappa shape index (κ3) is 2.20. The highest BCUT2D eigenvalue weighted by atomic mass is 16.3. The molecule has 0 aromatic carbocycles. The smallest absolute Gasteiger partial charge is 0.133 e. The molecule has 2 heteroatoms. The van der Waals surface area contributed by atoms with Crippen molar-refractivity contribution in [3.63, 3.8) is 0 Å². The second kappa shape index (κ2) is 5.83. The Balaban J connectivity index is 1.52. The number of carbonyl (C=O) groups is 1. The van der Waals surface area contributed by atoms with E-state index in [1.165, 1.54) is 57.8 Å². The Labute approximate surface area is 165 Å². The summed E-state index contributed by atoms with van der Waals surface area (Å²) in [6.07, 6.45) is 14.7. The maximum absolute atomic E-state index is 12.2. The van der Waals surface area contributed by atoms with E-state index in [9.17, 15) is 9.90 Å². The van der Waals surface area contributed by atoms with Crippen LogP contribution < -0.4 is 0 Å². The summed E-state index contributed by atoms with van der Waals surface area (Å²) in [6, 6.07) is 0. The fourth-order valence-electron chi connectivity index (χ4n) is 9.91. The fraction of sp³-hybridized carbons (Fsp3) is 0.960. The Morgan fingerprint density at radius 1 is 0.889 bits per heavy atom. The van der Waals surface area contributed by atoms with Gasteiger partial charge in [0.2, 0.25) is 0 Å². The predicted molar refractivity (Wildman–Crippen MR) is 108 cm³/mol. The number of hydrogen-bond acceptors (Lipinski definition) is 2. The van der Waals surface area contributed by atoms with Gasteiger partial charge in [0, 0.05) is 19.4 Å². The molecule has 5 aliphatic rings. The van der Waals surface area contributed by atoms with E-state index in [1.807, 2.05) is 0 Å². The van der Waals surface area contributed by atoms with Crippen LogP contribution in [0, 0.1) is 45.3 Å². The summed E-state index contributed by atoms with van der Waals surface area (Å²) in [4.78, 5) is 12.2. The van der Waals surface area contributed by atoms with Gasteiger partial charge in [-0.05, 0) is 103 Å². The summed E-state index contributed by atoms with van der Waals surface area (Å²) >= 11 is 0. The van der Waals surface area contributed by atoms with E-state index in [-0.39, 0.29) is 5.41 Å². The van der Waals surface area contributed by atoms with Crippen molar-refractivity contribution in [2.24, 2.45) is 45.3 Å². The van der Waals surface area contributed by atoms with Crippen LogP contribution in [-0.2, 0) is 4.79 Å². The molecule has 5 aliphatic carbocycles. The maximum Gasteiger partial charge on any atom is 0.133 e. The second-order valence-electron chi connectivity index (χ2n) is 12.1. The van der Waals surface area contributed by atoms with Crippen LogP contribution in [0.3, 0.4) is 0 Å². The molecule has 0 amide bonds. The molecule has 0 spiro atoms. The van der Waals surface area contributed by atoms with E-state index in [2.05, 4.69) is 20.8 Å². The maximum atomic E-state index is 12.2. The second-order valence-corrected chi connectivity index (χ2v) is 12.1. The molecule has 2 nitrogen and oxygen atoms in total. The molecule has 27 heavy (non-hydrogen) atoms. The van der Waals surface area contributed by atoms with Crippen molar-refractivity contribution < 1.29 is 9.90 Å². The zero-order chi connectivity index (χ0) is 19.1. The minimum Gasteiger partial charge on any atom is -0.396 e. The van der Waals surface area contributed by atoms with E-state index in [1.54, 1.807) is 0 Å². The van der Waals surface area contributed by atoms with Gasteiger partial charge in [0.15, 0.2) is 0 Å². The Hall–Kier alpha value is -0.370. The molecule has 5 fully saturated rings. The van der Waals surface area contributed by atoms with Gasteiger partial charge in [0.1, 0.15) is 5.78 Å². The van der Waals surface area contributed by atoms with E-state index in [0.29, 0.717) is 34.6 Å². The van der Waals surface area contributed by atoms with Crippen molar-refractivity contribution in [3.8, 4) is 0 Å². The zero-order valence-corrected chi connectivity index (χ0v) is 17.9. The van der Waals surface area contributed by atoms with E-state index >= 15 is 0 Å². The van der Waals surface area contributed by atoms with Gasteiger partial charge in [-0.25, -0.2) is 0 Å². The average molecular weight is 373 g/mol. The minimum absolute atomic E-state index is 0.256. The van der Waals surface area contributed by atoms with Gasteiger partial charge in [-0.2, -0.15) is 0 Å². The summed E-state index contributed by atoms with van der Waals surface area (Å²) in [7, 11) is 0. The molecule has 5 saturated carbocycles. The SMILES string of the molecule is CC12CCC(=O)CC1CCC1(C)C2CCC2C3CCCC3(CO)CC[C@]21C. The third-order valence-corrected chi connectivity index (χ3v) is 11.7. The molecule has 152 valence electrons. The summed E-state index contributed by atoms with van der Waals surface area (Å²) in [6.45, 7) is 8.29. The van der Waals surface area contributed by atoms with Gasteiger partial charge in [0.25, 0.3) is 0 Å². The first-order chi connectivity index (χ1) is 12.8. The molecular formula is C25H40O2. The molecule has 0 bridgehead atoms. The topological polar surface area (TPSA) is 37.3 Å². The summed E-state index contributed by atoms with van der Waals surface area (Å²) in [5, 5.41) is 10.3. The number of rotatable bonds is 1. The fourth-order valence-corrected chi connectivity index (χ4v) is 9.91. The molecule has 0 aliphatic heterocycles. The summed E-state index contributed by atoms with van der Waals surface area (Å²) < 4.78 is 0. The van der Waals surface area contributed by atoms with Crippen molar-refractivity contribution in [1.82, 2.24) is 0 Å². The van der Waals surface area contributed by atoms with E-state index in [4.69, 9.17) is 0 Å². The third-order valence-electron chi connectivity index (χ3n) is 11.7. The van der Waals surface area contributed by atoms with Crippen LogP contribution in [-0.4, -0.2) is 17.5 Å². The van der Waals surface area contributed by atoms with Gasteiger partial charge in [-0.1, -0.05) is 27.2 Å². The number of fused-ring (bicyclic) bond motifs is 7. The Kier molecular flexibility index (Phi) is 4.03. The highest BCUT2D eigenvalue weighted by Crippen LogP contribution is 2.75. The first-order valence-electron chi connectivity index (χ1n) is 11.9. The lowest BCUT2D eigenvalue weighted by atomic mass is 9.34. The Bertz CT molecular complexity index is 642. The molecule has 5 rings (SSSR count). The number of Topliss-reactive ketones (excluding diaryl/α,β-unsaturated/α-hetero) is 1. The van der Waals surface area contributed by atoms with Crippen molar-refractivity contribution in [2.45, 2.75) is 97.8 Å². The van der Waals surface area contributed by atoms with Crippen LogP contribution in [0.2, 0.25) is 0 Å². The Morgan fingerprint density at radius 2 is 1.70 bits per heavy atom. The van der Waals surface area contributed by atoms with E-state index < -0.39 is 0 Å². The van der Waals surface area contributed by atoms with Gasteiger partial charge >= 0.3 is 0 Å². The predicted octanol–water partition coefficient (Wildman–Crippen LogP) is 5.77. The van der Waals surface area contributed by atoms with Crippen LogP contribution in [0.5, 0.6) is 0 Å². The molecule has 1 N–H and O–H groups in total. The number of aliphatic hydroxyl groups is 1. The number of aliphatic hydroxyl groups excluding tert-OH is 1. The Morgan fingerprint density at radius 3 is 2.48 bits per heavy atom. The van der Waals surface area contributed by atoms with Gasteiger partial charge in [-0.15, -0.1) is 0 Å². The van der Waals surface area contributed by atoms with Gasteiger partial charge in [0.05, 0.1) is 0 Å². The van der Waals surface area contributed by atoms with Crippen molar-refractivity contribution >= 4 is 5.78 Å². The standard InChI is InChI=1S/C25H40O2/c1-22-11-9-18(27)15-17(22)8-12-24(3)21(22)7-6-19-20-5-4-10-25(20,16-26)14-13-23(19,24)2/h17,19-21,26H,4-16H2,1-3H3/t17?,19?,20?,21?,22?,23-,24?,25?/m1/s1. The lowest BCUT2D eigenvalue weighted by Gasteiger charge is -2.71. The minimum atomic E-state index is 0.256. The van der Waals surface area contributed by atoms with E-state index in [0.717, 1.165) is 37.0 Å². The first-order valence-corrected chi connectivity index (χ1v) is 11.9. The highest BCUT2D eigenvalue weighted by molar-refractivity contribution is 5.79. The van der Waals surface area contributed by atoms with Crippen LogP contribution in [0.25, 0.3) is 0 Å². The molecule has 0 radical (unpaired) electrons. The highest BCUT2D eigenvalue weighted by Gasteiger charge is 2.68. The summed E-state index contributed by atoms with van der Waals surface area (Å²) in [5.41, 5.74) is 1.49. The number of hydrogen-bond donors (Lipinski definition) is 1. The average Bonchev–Trinajstić information content (AvgIpc) is 3.08. The number of ketones is 1. The van der Waals surface area contributed by atoms with Crippen LogP contribution in [0.1, 0.15) is 97.8 Å². The first kappa shape index (κ1) is 18.6. The van der Waals surface area contributed by atoms with Crippen LogP contribution in [0.4, 0.5) is 0 Å². The molecule has 0 heterocycles. The van der Waals surface area contributed by atoms with Crippen molar-refractivity contribution in [2.75, 3.05) is 6.61 Å². The van der Waals surface area contributed by atoms with Gasteiger partial charge < -0.3 is 5.11 Å².